The maximum Gasteiger partial charge on any atom is 0.293 e. The number of rotatable bonds is 4. The third-order valence-corrected chi connectivity index (χ3v) is 3.96. The molecule has 23 heavy (non-hydrogen) atoms. The minimum absolute atomic E-state index is 0.142. The van der Waals surface area contributed by atoms with E-state index in [-0.39, 0.29) is 15.6 Å². The molecule has 4 nitrogen and oxygen atoms in total. The average Bonchev–Trinajstić information content (AvgIpc) is 2.52. The average molecular weight is 347 g/mol. The minimum Gasteiger partial charge on any atom is -0.319 e. The number of carbonyl (C=O) groups excluding carboxylic acids is 2. The molecule has 0 unspecified atom stereocenters. The van der Waals surface area contributed by atoms with E-state index in [1.54, 1.807) is 37.3 Å². The van der Waals surface area contributed by atoms with Gasteiger partial charge in [0.15, 0.2) is 0 Å². The zero-order chi connectivity index (χ0) is 17.0. The standard InChI is InChI=1S/C17H12Cl2N2O2/c1-10-5-2-3-8-14(10)21-17(23)16(22)11(9-20)15-12(18)6-4-7-13(15)19/h2-8,11H,1H3,(H,21,23)/t11-/m1/s1. The second kappa shape index (κ2) is 7.28. The van der Waals surface area contributed by atoms with Gasteiger partial charge in [-0.2, -0.15) is 5.26 Å². The Bertz CT molecular complexity index is 792. The molecule has 0 spiro atoms. The van der Waals surface area contributed by atoms with E-state index in [4.69, 9.17) is 23.2 Å². The molecule has 0 heterocycles. The van der Waals surface area contributed by atoms with Gasteiger partial charge in [0.2, 0.25) is 5.78 Å². The van der Waals surface area contributed by atoms with Gasteiger partial charge in [0.25, 0.3) is 5.91 Å². The van der Waals surface area contributed by atoms with Crippen LogP contribution < -0.4 is 5.32 Å². The summed E-state index contributed by atoms with van der Waals surface area (Å²) >= 11 is 12.0. The van der Waals surface area contributed by atoms with Crippen molar-refractivity contribution in [1.82, 2.24) is 0 Å². The summed E-state index contributed by atoms with van der Waals surface area (Å²) in [6, 6.07) is 13.4. The van der Waals surface area contributed by atoms with E-state index < -0.39 is 17.6 Å². The highest BCUT2D eigenvalue weighted by molar-refractivity contribution is 6.44. The summed E-state index contributed by atoms with van der Waals surface area (Å²) in [7, 11) is 0. The van der Waals surface area contributed by atoms with Crippen LogP contribution in [0.5, 0.6) is 0 Å². The van der Waals surface area contributed by atoms with Gasteiger partial charge < -0.3 is 5.32 Å². The molecule has 0 saturated carbocycles. The number of nitrogens with zero attached hydrogens (tertiary/aromatic N) is 1. The first-order valence-corrected chi connectivity index (χ1v) is 7.45. The molecule has 2 rings (SSSR count). The van der Waals surface area contributed by atoms with Crippen LogP contribution in [-0.2, 0) is 9.59 Å². The van der Waals surface area contributed by atoms with Gasteiger partial charge in [0, 0.05) is 21.3 Å². The SMILES string of the molecule is Cc1ccccc1NC(=O)C(=O)[C@H](C#N)c1c(Cl)cccc1Cl. The van der Waals surface area contributed by atoms with E-state index in [0.29, 0.717) is 5.69 Å². The lowest BCUT2D eigenvalue weighted by Gasteiger charge is -2.13. The third-order valence-electron chi connectivity index (χ3n) is 3.30. The Morgan fingerprint density at radius 2 is 1.70 bits per heavy atom. The maximum atomic E-state index is 12.3. The van der Waals surface area contributed by atoms with Crippen molar-refractivity contribution < 1.29 is 9.59 Å². The van der Waals surface area contributed by atoms with Crippen LogP contribution >= 0.6 is 23.2 Å². The molecule has 0 fully saturated rings. The van der Waals surface area contributed by atoms with Crippen LogP contribution in [0.1, 0.15) is 17.0 Å². The molecule has 0 aromatic heterocycles. The molecule has 0 saturated heterocycles. The van der Waals surface area contributed by atoms with Gasteiger partial charge in [0.1, 0.15) is 5.92 Å². The van der Waals surface area contributed by atoms with Crippen LogP contribution in [0.4, 0.5) is 5.69 Å². The number of carbonyl (C=O) groups is 2. The maximum absolute atomic E-state index is 12.3. The summed E-state index contributed by atoms with van der Waals surface area (Å²) in [6.45, 7) is 1.80. The summed E-state index contributed by atoms with van der Waals surface area (Å²) in [5, 5.41) is 12.1. The Morgan fingerprint density at radius 3 is 2.26 bits per heavy atom. The number of Topliss-reactive ketones (excluding diaryl/α,β-unsaturated/α-hetero) is 1. The number of benzene rings is 2. The highest BCUT2D eigenvalue weighted by atomic mass is 35.5. The molecule has 0 aliphatic carbocycles. The molecule has 0 radical (unpaired) electrons. The Morgan fingerprint density at radius 1 is 1.09 bits per heavy atom. The Hall–Kier alpha value is -2.35. The first-order chi connectivity index (χ1) is 11.0. The van der Waals surface area contributed by atoms with Crippen molar-refractivity contribution in [1.29, 1.82) is 5.26 Å². The monoisotopic (exact) mass is 346 g/mol. The van der Waals surface area contributed by atoms with Crippen LogP contribution in [-0.4, -0.2) is 11.7 Å². The van der Waals surface area contributed by atoms with Crippen molar-refractivity contribution >= 4 is 40.6 Å². The predicted molar refractivity (Wildman–Crippen MR) is 89.6 cm³/mol. The first kappa shape index (κ1) is 17.0. The predicted octanol–water partition coefficient (Wildman–Crippen LogP) is 4.12. The zero-order valence-corrected chi connectivity index (χ0v) is 13.7. The number of nitrogens with one attached hydrogen (secondary N) is 1. The number of para-hydroxylation sites is 1. The van der Waals surface area contributed by atoms with E-state index in [9.17, 15) is 14.9 Å². The van der Waals surface area contributed by atoms with Crippen molar-refractivity contribution in [2.24, 2.45) is 0 Å². The summed E-state index contributed by atoms with van der Waals surface area (Å²) in [5.74, 6) is -3.16. The van der Waals surface area contributed by atoms with Crippen molar-refractivity contribution in [3.63, 3.8) is 0 Å². The number of aryl methyl sites for hydroxylation is 1. The first-order valence-electron chi connectivity index (χ1n) is 6.70. The highest BCUT2D eigenvalue weighted by Gasteiger charge is 2.30. The molecule has 2 aromatic rings. The summed E-state index contributed by atoms with van der Waals surface area (Å²) in [6.07, 6.45) is 0. The zero-order valence-electron chi connectivity index (χ0n) is 12.1. The lowest BCUT2D eigenvalue weighted by Crippen LogP contribution is -2.28. The van der Waals surface area contributed by atoms with Crippen LogP contribution in [0.3, 0.4) is 0 Å². The van der Waals surface area contributed by atoms with Crippen LogP contribution in [0.25, 0.3) is 0 Å². The second-order valence-electron chi connectivity index (χ2n) is 4.83. The van der Waals surface area contributed by atoms with E-state index in [2.05, 4.69) is 5.32 Å². The summed E-state index contributed by atoms with van der Waals surface area (Å²) < 4.78 is 0. The second-order valence-corrected chi connectivity index (χ2v) is 5.65. The van der Waals surface area contributed by atoms with Crippen LogP contribution in [0, 0.1) is 18.3 Å². The molecule has 0 aliphatic heterocycles. The largest absolute Gasteiger partial charge is 0.319 e. The van der Waals surface area contributed by atoms with Gasteiger partial charge >= 0.3 is 0 Å². The fraction of sp³-hybridized carbons (Fsp3) is 0.118. The van der Waals surface area contributed by atoms with Gasteiger partial charge in [0.05, 0.1) is 6.07 Å². The molecule has 0 bridgehead atoms. The normalized spacial score (nSPS) is 11.4. The molecule has 2 aromatic carbocycles. The molecule has 1 N–H and O–H groups in total. The fourth-order valence-corrected chi connectivity index (χ4v) is 2.68. The number of amides is 1. The molecule has 6 heteroatoms. The highest BCUT2D eigenvalue weighted by Crippen LogP contribution is 2.32. The Kier molecular flexibility index (Phi) is 5.38. The van der Waals surface area contributed by atoms with E-state index in [0.717, 1.165) is 5.56 Å². The summed E-state index contributed by atoms with van der Waals surface area (Å²) in [5.41, 5.74) is 1.45. The van der Waals surface area contributed by atoms with Gasteiger partial charge in [-0.05, 0) is 30.7 Å². The van der Waals surface area contributed by atoms with E-state index >= 15 is 0 Å². The van der Waals surface area contributed by atoms with Gasteiger partial charge in [-0.25, -0.2) is 0 Å². The lowest BCUT2D eigenvalue weighted by atomic mass is 9.95. The number of halogens is 2. The lowest BCUT2D eigenvalue weighted by molar-refractivity contribution is -0.135. The quantitative estimate of drug-likeness (QED) is 0.846. The summed E-state index contributed by atoms with van der Waals surface area (Å²) in [4.78, 5) is 24.5. The number of ketones is 1. The van der Waals surface area contributed by atoms with Crippen molar-refractivity contribution in [3.05, 3.63) is 63.6 Å². The minimum atomic E-state index is -1.36. The Balaban J connectivity index is 2.29. The molecule has 1 atom stereocenters. The van der Waals surface area contributed by atoms with Gasteiger partial charge in [-0.15, -0.1) is 0 Å². The van der Waals surface area contributed by atoms with E-state index in [1.165, 1.54) is 12.1 Å². The van der Waals surface area contributed by atoms with Gasteiger partial charge in [-0.3, -0.25) is 9.59 Å². The van der Waals surface area contributed by atoms with E-state index in [1.807, 2.05) is 6.07 Å². The molecular weight excluding hydrogens is 335 g/mol. The van der Waals surface area contributed by atoms with Crippen LogP contribution in [0.2, 0.25) is 10.0 Å². The van der Waals surface area contributed by atoms with Crippen molar-refractivity contribution in [2.45, 2.75) is 12.8 Å². The molecule has 116 valence electrons. The smallest absolute Gasteiger partial charge is 0.293 e. The number of hydrogen-bond acceptors (Lipinski definition) is 3. The molecular formula is C17H12Cl2N2O2. The third kappa shape index (κ3) is 3.70. The molecule has 0 aliphatic rings. The topological polar surface area (TPSA) is 70.0 Å². The fourth-order valence-electron chi connectivity index (χ4n) is 2.07. The number of hydrogen-bond donors (Lipinski definition) is 1. The molecule has 1 amide bonds. The van der Waals surface area contributed by atoms with Crippen molar-refractivity contribution in [2.75, 3.05) is 5.32 Å². The van der Waals surface area contributed by atoms with Crippen molar-refractivity contribution in [3.8, 4) is 6.07 Å². The number of anilines is 1. The Labute approximate surface area is 143 Å². The van der Waals surface area contributed by atoms with Crippen LogP contribution in [0.15, 0.2) is 42.5 Å². The van der Waals surface area contributed by atoms with Gasteiger partial charge in [-0.1, -0.05) is 47.5 Å². The number of nitriles is 1.